The molecule has 2 heteroatoms. The first-order chi connectivity index (χ1) is 7.75. The molecule has 1 saturated heterocycles. The Morgan fingerprint density at radius 1 is 1.31 bits per heavy atom. The van der Waals surface area contributed by atoms with Crippen LogP contribution in [0.1, 0.15) is 31.4 Å². The van der Waals surface area contributed by atoms with Crippen molar-refractivity contribution in [3.8, 4) is 0 Å². The zero-order valence-corrected chi connectivity index (χ0v) is 10.3. The lowest BCUT2D eigenvalue weighted by Crippen LogP contribution is -2.44. The molecule has 16 heavy (non-hydrogen) atoms. The molecule has 1 aliphatic rings. The molecule has 0 saturated carbocycles. The van der Waals surface area contributed by atoms with Gasteiger partial charge in [-0.15, -0.1) is 0 Å². The predicted octanol–water partition coefficient (Wildman–Crippen LogP) is 2.43. The van der Waals surface area contributed by atoms with Crippen LogP contribution < -0.4 is 5.32 Å². The van der Waals surface area contributed by atoms with Gasteiger partial charge in [0.1, 0.15) is 0 Å². The van der Waals surface area contributed by atoms with Gasteiger partial charge in [-0.25, -0.2) is 0 Å². The molecule has 1 N–H and O–H groups in total. The second kappa shape index (κ2) is 5.46. The second-order valence-corrected chi connectivity index (χ2v) is 4.90. The molecule has 1 aliphatic heterocycles. The lowest BCUT2D eigenvalue weighted by Gasteiger charge is -2.32. The van der Waals surface area contributed by atoms with E-state index in [9.17, 15) is 0 Å². The third-order valence-electron chi connectivity index (χ3n) is 3.41. The average molecular weight is 218 g/mol. The van der Waals surface area contributed by atoms with Crippen LogP contribution in [-0.2, 0) is 0 Å². The molecule has 0 amide bonds. The number of benzene rings is 1. The fourth-order valence-electron chi connectivity index (χ4n) is 2.49. The molecule has 0 radical (unpaired) electrons. The Morgan fingerprint density at radius 3 is 2.75 bits per heavy atom. The van der Waals surface area contributed by atoms with Crippen molar-refractivity contribution in [1.29, 1.82) is 0 Å². The number of likely N-dealkylation sites (N-methyl/N-ethyl adjacent to an activating group) is 1. The summed E-state index contributed by atoms with van der Waals surface area (Å²) in [6, 6.07) is 11.8. The average Bonchev–Trinajstić information content (AvgIpc) is 2.30. The number of nitrogens with one attached hydrogen (secondary N) is 1. The Balaban J connectivity index is 1.89. The van der Waals surface area contributed by atoms with Crippen LogP contribution in [0.4, 0.5) is 0 Å². The van der Waals surface area contributed by atoms with Gasteiger partial charge in [0.15, 0.2) is 0 Å². The highest BCUT2D eigenvalue weighted by molar-refractivity contribution is 5.18. The van der Waals surface area contributed by atoms with Gasteiger partial charge in [0, 0.05) is 18.6 Å². The first-order valence-electron chi connectivity index (χ1n) is 6.25. The normalized spacial score (nSPS) is 24.2. The molecule has 88 valence electrons. The lowest BCUT2D eigenvalue weighted by atomic mass is 10.0. The van der Waals surface area contributed by atoms with E-state index in [1.54, 1.807) is 0 Å². The quantitative estimate of drug-likeness (QED) is 0.838. The zero-order chi connectivity index (χ0) is 11.4. The fraction of sp³-hybridized carbons (Fsp3) is 0.571. The van der Waals surface area contributed by atoms with Gasteiger partial charge in [-0.2, -0.15) is 0 Å². The van der Waals surface area contributed by atoms with E-state index in [-0.39, 0.29) is 0 Å². The molecule has 1 aromatic rings. The minimum Gasteiger partial charge on any atom is -0.306 e. The maximum absolute atomic E-state index is 3.72. The Labute approximate surface area is 98.7 Å². The van der Waals surface area contributed by atoms with Crippen LogP contribution in [0.25, 0.3) is 0 Å². The molecule has 1 heterocycles. The molecular formula is C14H22N2. The van der Waals surface area contributed by atoms with Gasteiger partial charge in [0.2, 0.25) is 0 Å². The van der Waals surface area contributed by atoms with Crippen molar-refractivity contribution < 1.29 is 0 Å². The Morgan fingerprint density at radius 2 is 2.06 bits per heavy atom. The highest BCUT2D eigenvalue weighted by atomic mass is 15.1. The van der Waals surface area contributed by atoms with Crippen molar-refractivity contribution >= 4 is 0 Å². The SMILES string of the molecule is CC(NC1CCCN(C)C1)c1ccccc1. The minimum absolute atomic E-state index is 0.456. The van der Waals surface area contributed by atoms with E-state index < -0.39 is 0 Å². The van der Waals surface area contributed by atoms with Crippen molar-refractivity contribution in [2.75, 3.05) is 20.1 Å². The van der Waals surface area contributed by atoms with Crippen LogP contribution in [0.2, 0.25) is 0 Å². The molecule has 2 unspecified atom stereocenters. The van der Waals surface area contributed by atoms with Gasteiger partial charge in [-0.05, 0) is 38.9 Å². The van der Waals surface area contributed by atoms with E-state index >= 15 is 0 Å². The van der Waals surface area contributed by atoms with Crippen molar-refractivity contribution in [3.05, 3.63) is 35.9 Å². The summed E-state index contributed by atoms with van der Waals surface area (Å²) in [6.07, 6.45) is 2.62. The summed E-state index contributed by atoms with van der Waals surface area (Å²) in [5, 5.41) is 3.72. The van der Waals surface area contributed by atoms with Crippen LogP contribution in [0.15, 0.2) is 30.3 Å². The van der Waals surface area contributed by atoms with E-state index in [0.29, 0.717) is 12.1 Å². The summed E-state index contributed by atoms with van der Waals surface area (Å²) in [7, 11) is 2.21. The fourth-order valence-corrected chi connectivity index (χ4v) is 2.49. The van der Waals surface area contributed by atoms with E-state index in [1.165, 1.54) is 31.5 Å². The number of rotatable bonds is 3. The lowest BCUT2D eigenvalue weighted by molar-refractivity contribution is 0.218. The number of hydrogen-bond donors (Lipinski definition) is 1. The highest BCUT2D eigenvalue weighted by Crippen LogP contribution is 2.15. The largest absolute Gasteiger partial charge is 0.306 e. The molecule has 0 aliphatic carbocycles. The third kappa shape index (κ3) is 3.06. The van der Waals surface area contributed by atoms with Gasteiger partial charge < -0.3 is 10.2 Å². The summed E-state index contributed by atoms with van der Waals surface area (Å²) >= 11 is 0. The van der Waals surface area contributed by atoms with E-state index in [1.807, 2.05) is 0 Å². The van der Waals surface area contributed by atoms with Crippen LogP contribution in [0.3, 0.4) is 0 Å². The predicted molar refractivity (Wildman–Crippen MR) is 68.5 cm³/mol. The number of hydrogen-bond acceptors (Lipinski definition) is 2. The van der Waals surface area contributed by atoms with Crippen LogP contribution in [0.5, 0.6) is 0 Å². The van der Waals surface area contributed by atoms with E-state index in [4.69, 9.17) is 0 Å². The standard InChI is InChI=1S/C14H22N2/c1-12(13-7-4-3-5-8-13)15-14-9-6-10-16(2)11-14/h3-5,7-8,12,14-15H,6,9-11H2,1-2H3. The first kappa shape index (κ1) is 11.6. The first-order valence-corrected chi connectivity index (χ1v) is 6.25. The van der Waals surface area contributed by atoms with E-state index in [0.717, 1.165) is 0 Å². The third-order valence-corrected chi connectivity index (χ3v) is 3.41. The van der Waals surface area contributed by atoms with Gasteiger partial charge >= 0.3 is 0 Å². The molecular weight excluding hydrogens is 196 g/mol. The molecule has 0 bridgehead atoms. The Kier molecular flexibility index (Phi) is 3.97. The van der Waals surface area contributed by atoms with Crippen molar-refractivity contribution in [2.45, 2.75) is 31.8 Å². The Bertz CT molecular complexity index is 310. The Hall–Kier alpha value is -0.860. The van der Waals surface area contributed by atoms with Gasteiger partial charge in [0.05, 0.1) is 0 Å². The topological polar surface area (TPSA) is 15.3 Å². The summed E-state index contributed by atoms with van der Waals surface area (Å²) in [5.74, 6) is 0. The van der Waals surface area contributed by atoms with Gasteiger partial charge in [0.25, 0.3) is 0 Å². The zero-order valence-electron chi connectivity index (χ0n) is 10.3. The van der Waals surface area contributed by atoms with Gasteiger partial charge in [-0.3, -0.25) is 0 Å². The number of nitrogens with zero attached hydrogens (tertiary/aromatic N) is 1. The van der Waals surface area contributed by atoms with Crippen molar-refractivity contribution in [3.63, 3.8) is 0 Å². The number of piperidine rings is 1. The molecule has 0 spiro atoms. The van der Waals surface area contributed by atoms with Crippen LogP contribution in [0, 0.1) is 0 Å². The summed E-state index contributed by atoms with van der Waals surface area (Å²) in [4.78, 5) is 2.42. The van der Waals surface area contributed by atoms with Crippen molar-refractivity contribution in [2.24, 2.45) is 0 Å². The molecule has 1 fully saturated rings. The van der Waals surface area contributed by atoms with Crippen LogP contribution in [-0.4, -0.2) is 31.1 Å². The van der Waals surface area contributed by atoms with Gasteiger partial charge in [-0.1, -0.05) is 30.3 Å². The molecule has 2 nitrogen and oxygen atoms in total. The smallest absolute Gasteiger partial charge is 0.0294 e. The molecule has 2 rings (SSSR count). The van der Waals surface area contributed by atoms with E-state index in [2.05, 4.69) is 54.5 Å². The minimum atomic E-state index is 0.456. The second-order valence-electron chi connectivity index (χ2n) is 4.90. The summed E-state index contributed by atoms with van der Waals surface area (Å²) in [6.45, 7) is 4.68. The summed E-state index contributed by atoms with van der Waals surface area (Å²) in [5.41, 5.74) is 1.38. The number of likely N-dealkylation sites (tertiary alicyclic amines) is 1. The van der Waals surface area contributed by atoms with Crippen molar-refractivity contribution in [1.82, 2.24) is 10.2 Å². The molecule has 2 atom stereocenters. The maximum Gasteiger partial charge on any atom is 0.0294 e. The highest BCUT2D eigenvalue weighted by Gasteiger charge is 2.18. The monoisotopic (exact) mass is 218 g/mol. The molecule has 1 aromatic carbocycles. The molecule has 0 aromatic heterocycles. The summed E-state index contributed by atoms with van der Waals surface area (Å²) < 4.78 is 0. The van der Waals surface area contributed by atoms with Crippen LogP contribution >= 0.6 is 0 Å². The maximum atomic E-state index is 3.72.